The average Bonchev–Trinajstić information content (AvgIpc) is 2.47. The van der Waals surface area contributed by atoms with E-state index in [2.05, 4.69) is 0 Å². The smallest absolute Gasteiger partial charge is 0.312 e. The Kier molecular flexibility index (Phi) is 5.36. The van der Waals surface area contributed by atoms with Crippen LogP contribution in [0.25, 0.3) is 5.57 Å². The molecule has 0 heterocycles. The average molecular weight is 322 g/mol. The van der Waals surface area contributed by atoms with Crippen molar-refractivity contribution in [3.8, 4) is 11.5 Å². The highest BCUT2D eigenvalue weighted by Crippen LogP contribution is 2.42. The summed E-state index contributed by atoms with van der Waals surface area (Å²) >= 11 is 0. The molecule has 23 heavy (non-hydrogen) atoms. The van der Waals surface area contributed by atoms with Crippen LogP contribution >= 0.6 is 0 Å². The van der Waals surface area contributed by atoms with E-state index in [0.29, 0.717) is 11.1 Å². The quantitative estimate of drug-likeness (QED) is 0.374. The molecule has 0 fully saturated rings. The van der Waals surface area contributed by atoms with Crippen LogP contribution in [-0.4, -0.2) is 23.0 Å². The van der Waals surface area contributed by atoms with Crippen molar-refractivity contribution >= 4 is 11.8 Å². The third-order valence-electron chi connectivity index (χ3n) is 3.93. The summed E-state index contributed by atoms with van der Waals surface area (Å²) in [5.74, 6) is -0.258. The molecule has 0 spiro atoms. The molecule has 0 saturated carbocycles. The summed E-state index contributed by atoms with van der Waals surface area (Å²) in [6.45, 7) is -0.734. The van der Waals surface area contributed by atoms with Gasteiger partial charge in [0.1, 0.15) is 11.5 Å². The van der Waals surface area contributed by atoms with E-state index in [1.807, 2.05) is 13.0 Å². The van der Waals surface area contributed by atoms with Crippen LogP contribution in [0.4, 0.5) is 8.78 Å². The third kappa shape index (κ3) is 4.09. The lowest BCUT2D eigenvalue weighted by atomic mass is 9.84. The molecule has 1 unspecified atom stereocenters. The molecule has 0 bridgehead atoms. The molecule has 124 valence electrons. The molecule has 0 aromatic heterocycles. The molecule has 0 amide bonds. The third-order valence-corrected chi connectivity index (χ3v) is 3.93. The van der Waals surface area contributed by atoms with Crippen molar-refractivity contribution in [2.45, 2.75) is 38.7 Å². The number of phenolic OH excluding ortho intramolecular Hbond substituents is 2. The van der Waals surface area contributed by atoms with Gasteiger partial charge in [-0.3, -0.25) is 0 Å². The zero-order valence-corrected chi connectivity index (χ0v) is 12.8. The van der Waals surface area contributed by atoms with Crippen LogP contribution in [0, 0.1) is 5.41 Å². The monoisotopic (exact) mass is 322 g/mol. The highest BCUT2D eigenvalue weighted by atomic mass is 19.3. The van der Waals surface area contributed by atoms with E-state index in [9.17, 15) is 19.0 Å². The van der Waals surface area contributed by atoms with Gasteiger partial charge in [0.2, 0.25) is 0 Å². The highest BCUT2D eigenvalue weighted by Gasteiger charge is 2.21. The van der Waals surface area contributed by atoms with E-state index >= 15 is 0 Å². The van der Waals surface area contributed by atoms with E-state index in [1.165, 1.54) is 17.7 Å². The van der Waals surface area contributed by atoms with Gasteiger partial charge in [0, 0.05) is 29.5 Å². The minimum atomic E-state index is -2.75. The van der Waals surface area contributed by atoms with Crippen LogP contribution in [0.5, 0.6) is 11.5 Å². The normalized spacial score (nSPS) is 18.7. The Bertz CT molecular complexity index is 631. The molecule has 4 nitrogen and oxygen atoms in total. The van der Waals surface area contributed by atoms with Crippen LogP contribution in [0.15, 0.2) is 30.0 Å². The number of rotatable bonds is 5. The lowest BCUT2D eigenvalue weighted by molar-refractivity contribution is 0.125. The number of nitrogens with one attached hydrogen (secondary N) is 2. The fraction of sp³-hybridized carbons (Fsp3) is 0.353. The first-order valence-corrected chi connectivity index (χ1v) is 7.40. The second-order valence-electron chi connectivity index (χ2n) is 5.65. The van der Waals surface area contributed by atoms with Crippen molar-refractivity contribution in [1.29, 1.82) is 5.41 Å². The SMILES string of the molecule is CC1=CC(c2c(O)cc(/C(C=N)=C/NC(F)F)cc2O)CCC1. The molecular formula is C17H20F2N2O2. The topological polar surface area (TPSA) is 76.3 Å². The van der Waals surface area contributed by atoms with E-state index < -0.39 is 6.55 Å². The number of phenols is 2. The Morgan fingerprint density at radius 2 is 2.00 bits per heavy atom. The second-order valence-corrected chi connectivity index (χ2v) is 5.65. The number of halogens is 2. The van der Waals surface area contributed by atoms with Crippen molar-refractivity contribution in [3.63, 3.8) is 0 Å². The number of aromatic hydroxyl groups is 2. The van der Waals surface area contributed by atoms with Gasteiger partial charge < -0.3 is 20.9 Å². The minimum absolute atomic E-state index is 0.0654. The molecule has 1 aromatic rings. The zero-order valence-electron chi connectivity index (χ0n) is 12.8. The van der Waals surface area contributed by atoms with Gasteiger partial charge in [0.15, 0.2) is 0 Å². The van der Waals surface area contributed by atoms with Crippen molar-refractivity contribution < 1.29 is 19.0 Å². The Morgan fingerprint density at radius 1 is 1.35 bits per heavy atom. The fourth-order valence-corrected chi connectivity index (χ4v) is 2.87. The van der Waals surface area contributed by atoms with Crippen molar-refractivity contribution in [1.82, 2.24) is 5.32 Å². The van der Waals surface area contributed by atoms with E-state index in [0.717, 1.165) is 31.7 Å². The summed E-state index contributed by atoms with van der Waals surface area (Å²) in [6.07, 6.45) is 6.72. The molecular weight excluding hydrogens is 302 g/mol. The van der Waals surface area contributed by atoms with E-state index in [-0.39, 0.29) is 23.0 Å². The molecule has 0 aliphatic heterocycles. The maximum Gasteiger partial charge on any atom is 0.312 e. The van der Waals surface area contributed by atoms with Crippen LogP contribution < -0.4 is 5.32 Å². The van der Waals surface area contributed by atoms with E-state index in [1.54, 1.807) is 5.32 Å². The molecule has 0 radical (unpaired) electrons. The molecule has 1 aliphatic rings. The zero-order chi connectivity index (χ0) is 17.0. The van der Waals surface area contributed by atoms with Gasteiger partial charge in [-0.1, -0.05) is 11.6 Å². The first-order valence-electron chi connectivity index (χ1n) is 7.40. The van der Waals surface area contributed by atoms with Gasteiger partial charge in [-0.05, 0) is 43.9 Å². The van der Waals surface area contributed by atoms with Crippen molar-refractivity contribution in [2.24, 2.45) is 0 Å². The maximum absolute atomic E-state index is 12.2. The Morgan fingerprint density at radius 3 is 2.52 bits per heavy atom. The van der Waals surface area contributed by atoms with Gasteiger partial charge in [0.05, 0.1) is 0 Å². The molecule has 0 saturated heterocycles. The van der Waals surface area contributed by atoms with Crippen molar-refractivity contribution in [3.05, 3.63) is 41.1 Å². The Balaban J connectivity index is 2.38. The molecule has 1 aromatic carbocycles. The highest BCUT2D eigenvalue weighted by molar-refractivity contribution is 6.08. The number of benzene rings is 1. The lowest BCUT2D eigenvalue weighted by Crippen LogP contribution is -2.13. The molecule has 1 atom stereocenters. The first kappa shape index (κ1) is 17.0. The fourth-order valence-electron chi connectivity index (χ4n) is 2.87. The second kappa shape index (κ2) is 7.26. The van der Waals surface area contributed by atoms with Crippen molar-refractivity contribution in [2.75, 3.05) is 0 Å². The molecule has 4 N–H and O–H groups in total. The number of hydrogen-bond acceptors (Lipinski definition) is 4. The first-order chi connectivity index (χ1) is 10.9. The summed E-state index contributed by atoms with van der Waals surface area (Å²) < 4.78 is 24.4. The summed E-state index contributed by atoms with van der Waals surface area (Å²) in [7, 11) is 0. The van der Waals surface area contributed by atoms with Crippen LogP contribution in [0.3, 0.4) is 0 Å². The lowest BCUT2D eigenvalue weighted by Gasteiger charge is -2.22. The minimum Gasteiger partial charge on any atom is -0.507 e. The largest absolute Gasteiger partial charge is 0.507 e. The molecule has 2 rings (SSSR count). The van der Waals surface area contributed by atoms with Gasteiger partial charge in [0.25, 0.3) is 0 Å². The standard InChI is InChI=1S/C17H20F2N2O2/c1-10-3-2-4-11(5-10)16-14(22)6-12(7-15(16)23)13(8-20)9-21-17(18)19/h5-9,11,17,20-23H,2-4H2,1H3/b13-9+,20-8?. The van der Waals surface area contributed by atoms with Gasteiger partial charge >= 0.3 is 6.55 Å². The van der Waals surface area contributed by atoms with Crippen LogP contribution in [-0.2, 0) is 0 Å². The Labute approximate surface area is 133 Å². The summed E-state index contributed by atoms with van der Waals surface area (Å²) in [6, 6.07) is 2.77. The number of alkyl halides is 2. The molecule has 1 aliphatic carbocycles. The van der Waals surface area contributed by atoms with Crippen LogP contribution in [0.1, 0.15) is 43.2 Å². The molecule has 6 heteroatoms. The van der Waals surface area contributed by atoms with Gasteiger partial charge in [-0.15, -0.1) is 0 Å². The predicted molar refractivity (Wildman–Crippen MR) is 86.0 cm³/mol. The number of allylic oxidation sites excluding steroid dienone is 3. The van der Waals surface area contributed by atoms with Crippen LogP contribution in [0.2, 0.25) is 0 Å². The van der Waals surface area contributed by atoms with Gasteiger partial charge in [-0.2, -0.15) is 8.78 Å². The predicted octanol–water partition coefficient (Wildman–Crippen LogP) is 4.11. The summed E-state index contributed by atoms with van der Waals surface area (Å²) in [4.78, 5) is 0. The summed E-state index contributed by atoms with van der Waals surface area (Å²) in [5, 5.41) is 29.7. The number of hydrogen-bond donors (Lipinski definition) is 4. The summed E-state index contributed by atoms with van der Waals surface area (Å²) in [5.41, 5.74) is 2.09. The maximum atomic E-state index is 12.2. The van der Waals surface area contributed by atoms with E-state index in [4.69, 9.17) is 5.41 Å². The van der Waals surface area contributed by atoms with Gasteiger partial charge in [-0.25, -0.2) is 0 Å². The Hall–Kier alpha value is -2.37.